The molecule has 1 amide bonds. The zero-order valence-electron chi connectivity index (χ0n) is 15.3. The van der Waals surface area contributed by atoms with Crippen LogP contribution >= 0.6 is 0 Å². The maximum atomic E-state index is 12.9. The summed E-state index contributed by atoms with van der Waals surface area (Å²) in [6.45, 7) is 2.61. The number of anilines is 1. The van der Waals surface area contributed by atoms with E-state index in [1.807, 2.05) is 11.0 Å². The van der Waals surface area contributed by atoms with Gasteiger partial charge in [-0.05, 0) is 41.7 Å². The highest BCUT2D eigenvalue weighted by molar-refractivity contribution is 5.95. The molecule has 0 spiro atoms. The number of allylic oxidation sites excluding steroid dienone is 2. The number of fused-ring (bicyclic) bond motifs is 3. The van der Waals surface area contributed by atoms with E-state index in [1.165, 1.54) is 11.1 Å². The standard InChI is InChI=1S/C23H24N2O2/c26-23(25-11-13-27-14-12-25)17-9-10-21-20(15-17)18-7-4-8-19(18)22(24-21)16-5-2-1-3-6-16/h1-7,9-10,15,18-19,22,24H,8,11-14H2/t18-,19-,22-/m1/s1. The van der Waals surface area contributed by atoms with E-state index < -0.39 is 0 Å². The molecule has 1 aliphatic carbocycles. The minimum Gasteiger partial charge on any atom is -0.378 e. The summed E-state index contributed by atoms with van der Waals surface area (Å²) in [6, 6.07) is 17.1. The SMILES string of the molecule is O=C(c1ccc2c(c1)[C@@H]1C=CC[C@H]1[C@@H](c1ccccc1)N2)N1CCOCC1. The molecular formula is C23H24N2O2. The smallest absolute Gasteiger partial charge is 0.254 e. The second kappa shape index (κ2) is 6.86. The fourth-order valence-electron chi connectivity index (χ4n) is 4.67. The molecule has 4 nitrogen and oxygen atoms in total. The van der Waals surface area contributed by atoms with E-state index in [9.17, 15) is 4.79 Å². The molecule has 0 aromatic heterocycles. The van der Waals surface area contributed by atoms with Gasteiger partial charge in [0.15, 0.2) is 0 Å². The van der Waals surface area contributed by atoms with E-state index in [0.29, 0.717) is 44.2 Å². The van der Waals surface area contributed by atoms with Gasteiger partial charge in [0.25, 0.3) is 5.91 Å². The van der Waals surface area contributed by atoms with Gasteiger partial charge >= 0.3 is 0 Å². The summed E-state index contributed by atoms with van der Waals surface area (Å²) < 4.78 is 5.37. The third kappa shape index (κ3) is 2.94. The lowest BCUT2D eigenvalue weighted by Crippen LogP contribution is -2.40. The monoisotopic (exact) mass is 360 g/mol. The Hall–Kier alpha value is -2.59. The van der Waals surface area contributed by atoms with Crippen LogP contribution in [0, 0.1) is 5.92 Å². The number of nitrogens with zero attached hydrogens (tertiary/aromatic N) is 1. The van der Waals surface area contributed by atoms with Crippen molar-refractivity contribution >= 4 is 11.6 Å². The Morgan fingerprint density at radius 3 is 2.70 bits per heavy atom. The molecule has 138 valence electrons. The summed E-state index contributed by atoms with van der Waals surface area (Å²) in [6.07, 6.45) is 5.68. The molecule has 4 heteroatoms. The summed E-state index contributed by atoms with van der Waals surface area (Å²) >= 11 is 0. The molecule has 0 radical (unpaired) electrons. The summed E-state index contributed by atoms with van der Waals surface area (Å²) in [5.74, 6) is 0.974. The molecule has 3 atom stereocenters. The van der Waals surface area contributed by atoms with E-state index in [-0.39, 0.29) is 5.91 Å². The first-order valence-electron chi connectivity index (χ1n) is 9.80. The number of benzene rings is 2. The minimum atomic E-state index is 0.116. The first kappa shape index (κ1) is 16.6. The van der Waals surface area contributed by atoms with Gasteiger partial charge in [0.05, 0.1) is 19.3 Å². The summed E-state index contributed by atoms with van der Waals surface area (Å²) in [4.78, 5) is 14.8. The molecule has 2 aromatic rings. The Labute approximate surface area is 159 Å². The fraction of sp³-hybridized carbons (Fsp3) is 0.348. The van der Waals surface area contributed by atoms with Crippen molar-refractivity contribution in [2.75, 3.05) is 31.6 Å². The van der Waals surface area contributed by atoms with Crippen LogP contribution in [-0.2, 0) is 4.74 Å². The van der Waals surface area contributed by atoms with E-state index in [0.717, 1.165) is 17.7 Å². The minimum absolute atomic E-state index is 0.116. The molecule has 1 saturated heterocycles. The fourth-order valence-corrected chi connectivity index (χ4v) is 4.67. The molecular weight excluding hydrogens is 336 g/mol. The zero-order chi connectivity index (χ0) is 18.2. The van der Waals surface area contributed by atoms with E-state index in [4.69, 9.17) is 4.74 Å². The lowest BCUT2D eigenvalue weighted by molar-refractivity contribution is 0.0303. The molecule has 0 saturated carbocycles. The quantitative estimate of drug-likeness (QED) is 0.824. The van der Waals surface area contributed by atoms with Crippen LogP contribution in [0.15, 0.2) is 60.7 Å². The molecule has 2 heterocycles. The number of carbonyl (C=O) groups is 1. The first-order chi connectivity index (χ1) is 13.3. The van der Waals surface area contributed by atoms with Gasteiger partial charge in [0.1, 0.15) is 0 Å². The number of nitrogens with one attached hydrogen (secondary N) is 1. The Balaban J connectivity index is 1.47. The maximum absolute atomic E-state index is 12.9. The van der Waals surface area contributed by atoms with Crippen molar-refractivity contribution in [2.45, 2.75) is 18.4 Å². The van der Waals surface area contributed by atoms with Crippen molar-refractivity contribution in [3.63, 3.8) is 0 Å². The lowest BCUT2D eigenvalue weighted by atomic mass is 9.76. The molecule has 2 aromatic carbocycles. The van der Waals surface area contributed by atoms with Crippen molar-refractivity contribution < 1.29 is 9.53 Å². The number of rotatable bonds is 2. The van der Waals surface area contributed by atoms with Gasteiger partial charge in [-0.25, -0.2) is 0 Å². The second-order valence-electron chi connectivity index (χ2n) is 7.59. The predicted octanol–water partition coefficient (Wildman–Crippen LogP) is 3.99. The first-order valence-corrected chi connectivity index (χ1v) is 9.80. The molecule has 1 fully saturated rings. The van der Waals surface area contributed by atoms with Crippen LogP contribution in [0.2, 0.25) is 0 Å². The van der Waals surface area contributed by atoms with Gasteiger partial charge < -0.3 is 15.0 Å². The third-order valence-corrected chi connectivity index (χ3v) is 6.07. The topological polar surface area (TPSA) is 41.6 Å². The Morgan fingerprint density at radius 1 is 1.07 bits per heavy atom. The highest BCUT2D eigenvalue weighted by Gasteiger charge is 2.38. The van der Waals surface area contributed by atoms with Crippen LogP contribution in [0.4, 0.5) is 5.69 Å². The van der Waals surface area contributed by atoms with Gasteiger partial charge in [-0.2, -0.15) is 0 Å². The summed E-state index contributed by atoms with van der Waals surface area (Å²) in [7, 11) is 0. The highest BCUT2D eigenvalue weighted by Crippen LogP contribution is 2.49. The van der Waals surface area contributed by atoms with Crippen LogP contribution in [0.1, 0.15) is 39.9 Å². The average molecular weight is 360 g/mol. The molecule has 2 aliphatic heterocycles. The van der Waals surface area contributed by atoms with E-state index in [1.54, 1.807) is 0 Å². The molecule has 0 unspecified atom stereocenters. The van der Waals surface area contributed by atoms with Crippen LogP contribution in [0.25, 0.3) is 0 Å². The molecule has 5 rings (SSSR count). The number of morpholine rings is 1. The van der Waals surface area contributed by atoms with Crippen molar-refractivity contribution in [2.24, 2.45) is 5.92 Å². The number of amides is 1. The Bertz CT molecular complexity index is 871. The van der Waals surface area contributed by atoms with Gasteiger partial charge in [0.2, 0.25) is 0 Å². The van der Waals surface area contributed by atoms with Crippen molar-refractivity contribution in [1.29, 1.82) is 0 Å². The van der Waals surface area contributed by atoms with Crippen molar-refractivity contribution in [3.05, 3.63) is 77.4 Å². The van der Waals surface area contributed by atoms with Crippen LogP contribution in [-0.4, -0.2) is 37.1 Å². The highest BCUT2D eigenvalue weighted by atomic mass is 16.5. The largest absolute Gasteiger partial charge is 0.378 e. The van der Waals surface area contributed by atoms with Crippen molar-refractivity contribution in [3.8, 4) is 0 Å². The Morgan fingerprint density at radius 2 is 1.89 bits per heavy atom. The average Bonchev–Trinajstić information content (AvgIpc) is 3.24. The molecule has 0 bridgehead atoms. The number of hydrogen-bond donors (Lipinski definition) is 1. The number of hydrogen-bond acceptors (Lipinski definition) is 3. The molecule has 3 aliphatic rings. The van der Waals surface area contributed by atoms with Crippen LogP contribution in [0.3, 0.4) is 0 Å². The predicted molar refractivity (Wildman–Crippen MR) is 106 cm³/mol. The normalized spacial score (nSPS) is 26.2. The zero-order valence-corrected chi connectivity index (χ0v) is 15.3. The van der Waals surface area contributed by atoms with E-state index in [2.05, 4.69) is 59.9 Å². The van der Waals surface area contributed by atoms with Crippen LogP contribution in [0.5, 0.6) is 0 Å². The van der Waals surface area contributed by atoms with Gasteiger partial charge in [-0.3, -0.25) is 4.79 Å². The van der Waals surface area contributed by atoms with Crippen molar-refractivity contribution in [1.82, 2.24) is 4.90 Å². The number of carbonyl (C=O) groups excluding carboxylic acids is 1. The lowest BCUT2D eigenvalue weighted by Gasteiger charge is -2.38. The second-order valence-corrected chi connectivity index (χ2v) is 7.59. The maximum Gasteiger partial charge on any atom is 0.254 e. The van der Waals surface area contributed by atoms with Crippen LogP contribution < -0.4 is 5.32 Å². The Kier molecular flexibility index (Phi) is 4.21. The van der Waals surface area contributed by atoms with Gasteiger partial charge in [0, 0.05) is 30.3 Å². The third-order valence-electron chi connectivity index (χ3n) is 6.07. The number of ether oxygens (including phenoxy) is 1. The molecule has 27 heavy (non-hydrogen) atoms. The van der Waals surface area contributed by atoms with Gasteiger partial charge in [-0.1, -0.05) is 42.5 Å². The summed E-state index contributed by atoms with van der Waals surface area (Å²) in [5, 5.41) is 3.75. The van der Waals surface area contributed by atoms with Gasteiger partial charge in [-0.15, -0.1) is 0 Å². The van der Waals surface area contributed by atoms with E-state index >= 15 is 0 Å². The summed E-state index contributed by atoms with van der Waals surface area (Å²) in [5.41, 5.74) is 4.51. The molecule has 1 N–H and O–H groups in total.